The number of hydrogen-bond donors (Lipinski definition) is 1. The van der Waals surface area contributed by atoms with Gasteiger partial charge in [-0.05, 0) is 0 Å². The van der Waals surface area contributed by atoms with E-state index in [4.69, 9.17) is 0 Å². The lowest BCUT2D eigenvalue weighted by molar-refractivity contribution is 0.582. The molecule has 4 heteroatoms. The van der Waals surface area contributed by atoms with Crippen LogP contribution in [0.25, 0.3) is 0 Å². The zero-order valence-corrected chi connectivity index (χ0v) is 9.53. The van der Waals surface area contributed by atoms with Crippen molar-refractivity contribution in [2.75, 3.05) is 18.6 Å². The Morgan fingerprint density at radius 2 is 1.67 bits per heavy atom. The normalized spacial score (nSPS) is 10.8. The van der Waals surface area contributed by atoms with Gasteiger partial charge in [0.05, 0.1) is 5.75 Å². The summed E-state index contributed by atoms with van der Waals surface area (Å²) in [4.78, 5) is 0. The zero-order valence-electron chi connectivity index (χ0n) is 8.72. The lowest BCUT2D eigenvalue weighted by atomic mass is 10.4. The van der Waals surface area contributed by atoms with Crippen LogP contribution in [0.5, 0.6) is 0 Å². The molecule has 0 aromatic carbocycles. The maximum absolute atomic E-state index is 10.6. The Morgan fingerprint density at radius 3 is 1.92 bits per heavy atom. The van der Waals surface area contributed by atoms with Crippen LogP contribution in [0.3, 0.4) is 0 Å². The lowest BCUT2D eigenvalue weighted by Crippen LogP contribution is -2.28. The van der Waals surface area contributed by atoms with Crippen LogP contribution in [0.15, 0.2) is 0 Å². The Morgan fingerprint density at radius 1 is 1.25 bits per heavy atom. The third-order valence-electron chi connectivity index (χ3n) is 1.03. The van der Waals surface area contributed by atoms with Gasteiger partial charge in [0.15, 0.2) is 0 Å². The minimum atomic E-state index is -2.78. The molecule has 0 rings (SSSR count). The Kier molecular flexibility index (Phi) is 9.09. The lowest BCUT2D eigenvalue weighted by Gasteiger charge is -2.05. The summed E-state index contributed by atoms with van der Waals surface area (Å²) in [7, 11) is -2.78. The van der Waals surface area contributed by atoms with E-state index in [9.17, 15) is 8.42 Å². The molecule has 0 saturated carbocycles. The van der Waals surface area contributed by atoms with Gasteiger partial charge in [-0.1, -0.05) is 27.7 Å². The molecule has 0 fully saturated rings. The summed E-state index contributed by atoms with van der Waals surface area (Å²) in [6, 6.07) is 0.363. The van der Waals surface area contributed by atoms with E-state index in [1.165, 1.54) is 6.26 Å². The van der Waals surface area contributed by atoms with Crippen molar-refractivity contribution in [1.29, 1.82) is 0 Å². The van der Waals surface area contributed by atoms with E-state index >= 15 is 0 Å². The monoisotopic (exact) mass is 195 g/mol. The van der Waals surface area contributed by atoms with Crippen LogP contribution >= 0.6 is 0 Å². The van der Waals surface area contributed by atoms with Crippen molar-refractivity contribution in [2.45, 2.75) is 33.7 Å². The smallest absolute Gasteiger partial charge is 0.148 e. The average molecular weight is 195 g/mol. The summed E-state index contributed by atoms with van der Waals surface area (Å²) in [5.41, 5.74) is 0. The van der Waals surface area contributed by atoms with Gasteiger partial charge in [-0.15, -0.1) is 0 Å². The van der Waals surface area contributed by atoms with Crippen molar-refractivity contribution >= 4 is 9.84 Å². The molecule has 0 bridgehead atoms. The van der Waals surface area contributed by atoms with E-state index in [0.717, 1.165) is 0 Å². The highest BCUT2D eigenvalue weighted by molar-refractivity contribution is 7.90. The molecular formula is C8H21NO2S. The van der Waals surface area contributed by atoms with Crippen molar-refractivity contribution in [2.24, 2.45) is 0 Å². The molecule has 0 aromatic rings. The van der Waals surface area contributed by atoms with E-state index in [2.05, 4.69) is 5.32 Å². The van der Waals surface area contributed by atoms with Crippen LogP contribution in [-0.2, 0) is 9.84 Å². The molecule has 1 N–H and O–H groups in total. The average Bonchev–Trinajstić information content (AvgIpc) is 1.88. The standard InChI is InChI=1S/C6H15NO2S.C2H6/c1-6(2)7-4-5-10(3,8)9;1-2/h6-7H,4-5H2,1-3H3;1-2H3. The van der Waals surface area contributed by atoms with Gasteiger partial charge in [-0.3, -0.25) is 0 Å². The van der Waals surface area contributed by atoms with Crippen LogP contribution in [0.2, 0.25) is 0 Å². The second-order valence-corrected chi connectivity index (χ2v) is 5.00. The first kappa shape index (κ1) is 14.4. The predicted molar refractivity (Wildman–Crippen MR) is 54.2 cm³/mol. The second kappa shape index (κ2) is 7.55. The summed E-state index contributed by atoms with van der Waals surface area (Å²) >= 11 is 0. The highest BCUT2D eigenvalue weighted by Crippen LogP contribution is 1.81. The molecule has 0 radical (unpaired) electrons. The zero-order chi connectivity index (χ0) is 10.2. The maximum Gasteiger partial charge on any atom is 0.148 e. The quantitative estimate of drug-likeness (QED) is 0.729. The Labute approximate surface area is 76.5 Å². The van der Waals surface area contributed by atoms with E-state index in [-0.39, 0.29) is 5.75 Å². The van der Waals surface area contributed by atoms with Crippen LogP contribution in [0, 0.1) is 0 Å². The largest absolute Gasteiger partial charge is 0.314 e. The van der Waals surface area contributed by atoms with Gasteiger partial charge < -0.3 is 5.32 Å². The van der Waals surface area contributed by atoms with Gasteiger partial charge in [0, 0.05) is 18.8 Å². The molecular weight excluding hydrogens is 174 g/mol. The number of nitrogens with one attached hydrogen (secondary N) is 1. The molecule has 0 spiro atoms. The summed E-state index contributed by atoms with van der Waals surface area (Å²) in [6.07, 6.45) is 1.25. The topological polar surface area (TPSA) is 46.2 Å². The molecule has 0 aliphatic rings. The second-order valence-electron chi connectivity index (χ2n) is 2.74. The van der Waals surface area contributed by atoms with Crippen molar-refractivity contribution in [3.63, 3.8) is 0 Å². The number of sulfone groups is 1. The van der Waals surface area contributed by atoms with E-state index in [1.54, 1.807) is 0 Å². The van der Waals surface area contributed by atoms with Crippen molar-refractivity contribution in [3.05, 3.63) is 0 Å². The molecule has 76 valence electrons. The third-order valence-corrected chi connectivity index (χ3v) is 1.97. The first-order valence-corrected chi connectivity index (χ1v) is 6.39. The number of rotatable bonds is 4. The Bertz CT molecular complexity index is 173. The minimum Gasteiger partial charge on any atom is -0.314 e. The molecule has 0 saturated heterocycles. The van der Waals surface area contributed by atoms with Gasteiger partial charge in [-0.2, -0.15) is 0 Å². The SMILES string of the molecule is CC.CC(C)NCCS(C)(=O)=O. The van der Waals surface area contributed by atoms with Gasteiger partial charge in [0.2, 0.25) is 0 Å². The van der Waals surface area contributed by atoms with E-state index < -0.39 is 9.84 Å². The number of hydrogen-bond acceptors (Lipinski definition) is 3. The molecule has 0 aromatic heterocycles. The molecule has 0 heterocycles. The summed E-state index contributed by atoms with van der Waals surface area (Å²) in [5, 5.41) is 3.02. The van der Waals surface area contributed by atoms with Crippen molar-refractivity contribution in [1.82, 2.24) is 5.32 Å². The minimum absolute atomic E-state index is 0.227. The summed E-state index contributed by atoms with van der Waals surface area (Å²) in [6.45, 7) is 8.53. The van der Waals surface area contributed by atoms with Gasteiger partial charge in [-0.25, -0.2) is 8.42 Å². The fourth-order valence-corrected chi connectivity index (χ4v) is 1.02. The van der Waals surface area contributed by atoms with Gasteiger partial charge in [0.1, 0.15) is 9.84 Å². The highest BCUT2D eigenvalue weighted by Gasteiger charge is 2.00. The van der Waals surface area contributed by atoms with Gasteiger partial charge in [0.25, 0.3) is 0 Å². The van der Waals surface area contributed by atoms with Crippen molar-refractivity contribution < 1.29 is 8.42 Å². The Balaban J connectivity index is 0. The first-order chi connectivity index (χ1) is 5.42. The molecule has 0 unspecified atom stereocenters. The summed E-state index contributed by atoms with van der Waals surface area (Å²) in [5.74, 6) is 0.227. The van der Waals surface area contributed by atoms with Crippen LogP contribution in [0.4, 0.5) is 0 Å². The molecule has 0 amide bonds. The first-order valence-electron chi connectivity index (χ1n) is 4.33. The molecule has 0 aliphatic heterocycles. The van der Waals surface area contributed by atoms with E-state index in [1.807, 2.05) is 27.7 Å². The predicted octanol–water partition coefficient (Wildman–Crippen LogP) is 1.06. The molecule has 3 nitrogen and oxygen atoms in total. The fourth-order valence-electron chi connectivity index (χ4n) is 0.533. The third kappa shape index (κ3) is 16.5. The molecule has 0 atom stereocenters. The highest BCUT2D eigenvalue weighted by atomic mass is 32.2. The molecule has 0 aliphatic carbocycles. The van der Waals surface area contributed by atoms with Crippen LogP contribution < -0.4 is 5.32 Å². The van der Waals surface area contributed by atoms with E-state index in [0.29, 0.717) is 12.6 Å². The molecule has 12 heavy (non-hydrogen) atoms. The fraction of sp³-hybridized carbons (Fsp3) is 1.00. The Hall–Kier alpha value is -0.0900. The van der Waals surface area contributed by atoms with Gasteiger partial charge >= 0.3 is 0 Å². The summed E-state index contributed by atoms with van der Waals surface area (Å²) < 4.78 is 21.1. The maximum atomic E-state index is 10.6. The van der Waals surface area contributed by atoms with Crippen molar-refractivity contribution in [3.8, 4) is 0 Å². The van der Waals surface area contributed by atoms with Crippen LogP contribution in [-0.4, -0.2) is 33.0 Å². The van der Waals surface area contributed by atoms with Crippen LogP contribution in [0.1, 0.15) is 27.7 Å².